The largest absolute Gasteiger partial charge is 0.480 e. The molecule has 0 aliphatic rings. The Hall–Kier alpha value is -3.87. The van der Waals surface area contributed by atoms with Gasteiger partial charge in [-0.1, -0.05) is 36.8 Å². The fraction of sp³-hybridized carbons (Fsp3) is 0.240. The zero-order chi connectivity index (χ0) is 23.0. The van der Waals surface area contributed by atoms with Crippen LogP contribution in [0.25, 0.3) is 33.1 Å². The highest BCUT2D eigenvalue weighted by atomic mass is 16.4. The molecule has 0 aliphatic carbocycles. The number of carboxylic acids is 1. The van der Waals surface area contributed by atoms with Gasteiger partial charge in [0.1, 0.15) is 17.2 Å². The number of hydrogen-bond acceptors (Lipinski definition) is 5. The van der Waals surface area contributed by atoms with Crippen molar-refractivity contribution in [1.29, 1.82) is 0 Å². The molecule has 7 nitrogen and oxygen atoms in total. The lowest BCUT2D eigenvalue weighted by atomic mass is 9.99. The standard InChI is InChI=1S/C25H23NO6/c1-4-20(24(28)29)26-23(27)10-17-14(3)16-9-18-19(15-7-5-13(2)6-8-15)12-31-21(18)11-22(16)32-25(17)30/h5-9,11-12,20H,4,10H2,1-3H3,(H,26,27)(H,28,29)/t20-/m1/s1. The third kappa shape index (κ3) is 3.89. The van der Waals surface area contributed by atoms with Gasteiger partial charge in [-0.05, 0) is 37.5 Å². The highest BCUT2D eigenvalue weighted by Crippen LogP contribution is 2.34. The molecule has 4 aromatic rings. The summed E-state index contributed by atoms with van der Waals surface area (Å²) in [4.78, 5) is 36.2. The van der Waals surface area contributed by atoms with Crippen LogP contribution in [0.4, 0.5) is 0 Å². The predicted molar refractivity (Wildman–Crippen MR) is 121 cm³/mol. The molecule has 0 radical (unpaired) electrons. The van der Waals surface area contributed by atoms with Crippen LogP contribution in [0.1, 0.15) is 30.0 Å². The zero-order valence-electron chi connectivity index (χ0n) is 18.0. The van der Waals surface area contributed by atoms with Gasteiger partial charge in [0.05, 0.1) is 18.2 Å². The number of furan rings is 1. The average Bonchev–Trinajstić information content (AvgIpc) is 3.17. The molecule has 2 aromatic carbocycles. The molecule has 0 bridgehead atoms. The number of carboxylic acid groups (broad SMARTS) is 1. The fourth-order valence-corrected chi connectivity index (χ4v) is 3.82. The number of aryl methyl sites for hydroxylation is 2. The van der Waals surface area contributed by atoms with Gasteiger partial charge in [-0.2, -0.15) is 0 Å². The van der Waals surface area contributed by atoms with E-state index in [2.05, 4.69) is 5.32 Å². The summed E-state index contributed by atoms with van der Waals surface area (Å²) in [7, 11) is 0. The number of hydrogen-bond donors (Lipinski definition) is 2. The van der Waals surface area contributed by atoms with Crippen LogP contribution in [0.15, 0.2) is 56.3 Å². The summed E-state index contributed by atoms with van der Waals surface area (Å²) in [5.74, 6) is -1.66. The van der Waals surface area contributed by atoms with E-state index in [4.69, 9.17) is 13.9 Å². The van der Waals surface area contributed by atoms with Crippen LogP contribution >= 0.6 is 0 Å². The molecule has 0 saturated heterocycles. The molecule has 32 heavy (non-hydrogen) atoms. The average molecular weight is 433 g/mol. The number of carbonyl (C=O) groups excluding carboxylic acids is 1. The van der Waals surface area contributed by atoms with Gasteiger partial charge in [0.15, 0.2) is 0 Å². The summed E-state index contributed by atoms with van der Waals surface area (Å²) in [5, 5.41) is 13.2. The lowest BCUT2D eigenvalue weighted by Gasteiger charge is -2.13. The van der Waals surface area contributed by atoms with Gasteiger partial charge in [-0.3, -0.25) is 4.79 Å². The number of benzene rings is 2. The Morgan fingerprint density at radius 3 is 2.44 bits per heavy atom. The Bertz CT molecular complexity index is 1390. The highest BCUT2D eigenvalue weighted by molar-refractivity contribution is 6.02. The molecule has 2 N–H and O–H groups in total. The molecule has 2 heterocycles. The van der Waals surface area contributed by atoms with Crippen molar-refractivity contribution in [3.8, 4) is 11.1 Å². The minimum Gasteiger partial charge on any atom is -0.480 e. The molecule has 0 saturated carbocycles. The van der Waals surface area contributed by atoms with Gasteiger partial charge in [-0.25, -0.2) is 9.59 Å². The summed E-state index contributed by atoms with van der Waals surface area (Å²) in [5.41, 5.74) is 4.22. The van der Waals surface area contributed by atoms with E-state index in [1.807, 2.05) is 37.3 Å². The third-order valence-electron chi connectivity index (χ3n) is 5.72. The molecule has 1 atom stereocenters. The van der Waals surface area contributed by atoms with Gasteiger partial charge < -0.3 is 19.3 Å². The van der Waals surface area contributed by atoms with Gasteiger partial charge in [0, 0.05) is 22.4 Å². The molecule has 2 aromatic heterocycles. The zero-order valence-corrected chi connectivity index (χ0v) is 18.0. The lowest BCUT2D eigenvalue weighted by Crippen LogP contribution is -2.41. The fourth-order valence-electron chi connectivity index (χ4n) is 3.82. The minimum atomic E-state index is -1.12. The monoisotopic (exact) mass is 433 g/mol. The van der Waals surface area contributed by atoms with Crippen molar-refractivity contribution in [3.63, 3.8) is 0 Å². The van der Waals surface area contributed by atoms with Crippen molar-refractivity contribution in [2.75, 3.05) is 0 Å². The quantitative estimate of drug-likeness (QED) is 0.438. The first-order valence-electron chi connectivity index (χ1n) is 10.3. The van der Waals surface area contributed by atoms with Crippen LogP contribution < -0.4 is 10.9 Å². The molecule has 7 heteroatoms. The molecule has 0 fully saturated rings. The third-order valence-corrected chi connectivity index (χ3v) is 5.72. The number of nitrogens with one attached hydrogen (secondary N) is 1. The van der Waals surface area contributed by atoms with E-state index in [0.29, 0.717) is 22.1 Å². The van der Waals surface area contributed by atoms with Crippen LogP contribution in [0, 0.1) is 13.8 Å². The number of carbonyl (C=O) groups is 2. The minimum absolute atomic E-state index is 0.204. The van der Waals surface area contributed by atoms with E-state index in [1.165, 1.54) is 0 Å². The Kier molecular flexibility index (Phi) is 5.57. The smallest absolute Gasteiger partial charge is 0.340 e. The van der Waals surface area contributed by atoms with Crippen molar-refractivity contribution in [2.24, 2.45) is 0 Å². The molecule has 1 amide bonds. The van der Waals surface area contributed by atoms with Gasteiger partial charge in [0.25, 0.3) is 0 Å². The second-order valence-corrected chi connectivity index (χ2v) is 7.90. The Morgan fingerprint density at radius 1 is 1.06 bits per heavy atom. The van der Waals surface area contributed by atoms with E-state index in [0.717, 1.165) is 22.1 Å². The van der Waals surface area contributed by atoms with E-state index in [-0.39, 0.29) is 18.4 Å². The SMILES string of the molecule is CC[C@@H](NC(=O)Cc1c(C)c2cc3c(-c4ccc(C)cc4)coc3cc2oc1=O)C(=O)O. The normalized spacial score (nSPS) is 12.2. The Morgan fingerprint density at radius 2 is 1.78 bits per heavy atom. The summed E-state index contributed by atoms with van der Waals surface area (Å²) < 4.78 is 11.2. The molecule has 0 spiro atoms. The maximum atomic E-state index is 12.6. The van der Waals surface area contributed by atoms with E-state index >= 15 is 0 Å². The van der Waals surface area contributed by atoms with Crippen molar-refractivity contribution >= 4 is 33.8 Å². The molecular formula is C25H23NO6. The summed E-state index contributed by atoms with van der Waals surface area (Å²) in [6.07, 6.45) is 1.65. The van der Waals surface area contributed by atoms with Crippen LogP contribution in [-0.2, 0) is 16.0 Å². The van der Waals surface area contributed by atoms with E-state index < -0.39 is 23.5 Å². The first-order valence-corrected chi connectivity index (χ1v) is 10.3. The predicted octanol–water partition coefficient (Wildman–Crippen LogP) is 4.34. The number of fused-ring (bicyclic) bond motifs is 2. The number of amides is 1. The molecule has 0 unspecified atom stereocenters. The molecule has 164 valence electrons. The van der Waals surface area contributed by atoms with Crippen LogP contribution in [0.3, 0.4) is 0 Å². The molecule has 4 rings (SSSR count). The van der Waals surface area contributed by atoms with Crippen molar-refractivity contribution < 1.29 is 23.5 Å². The number of rotatable bonds is 6. The second kappa shape index (κ2) is 8.34. The van der Waals surface area contributed by atoms with E-state index in [9.17, 15) is 14.4 Å². The Labute approximate surface area is 183 Å². The topological polar surface area (TPSA) is 110 Å². The Balaban J connectivity index is 1.77. The van der Waals surface area contributed by atoms with Crippen LogP contribution in [-0.4, -0.2) is 23.0 Å². The van der Waals surface area contributed by atoms with Crippen molar-refractivity contribution in [2.45, 2.75) is 39.7 Å². The van der Waals surface area contributed by atoms with Gasteiger partial charge >= 0.3 is 11.6 Å². The molecule has 0 aliphatic heterocycles. The highest BCUT2D eigenvalue weighted by Gasteiger charge is 2.21. The van der Waals surface area contributed by atoms with Gasteiger partial charge in [-0.15, -0.1) is 0 Å². The number of aliphatic carboxylic acids is 1. The summed E-state index contributed by atoms with van der Waals surface area (Å²) in [6.45, 7) is 5.44. The summed E-state index contributed by atoms with van der Waals surface area (Å²) in [6, 6.07) is 10.7. The van der Waals surface area contributed by atoms with Crippen molar-refractivity contribution in [3.05, 3.63) is 69.8 Å². The first-order chi connectivity index (χ1) is 15.3. The molecular weight excluding hydrogens is 410 g/mol. The van der Waals surface area contributed by atoms with Crippen LogP contribution in [0.5, 0.6) is 0 Å². The summed E-state index contributed by atoms with van der Waals surface area (Å²) >= 11 is 0. The second-order valence-electron chi connectivity index (χ2n) is 7.90. The van der Waals surface area contributed by atoms with Crippen molar-refractivity contribution in [1.82, 2.24) is 5.32 Å². The lowest BCUT2D eigenvalue weighted by molar-refractivity contribution is -0.141. The maximum Gasteiger partial charge on any atom is 0.340 e. The first kappa shape index (κ1) is 21.4. The van der Waals surface area contributed by atoms with Gasteiger partial charge in [0.2, 0.25) is 5.91 Å². The van der Waals surface area contributed by atoms with Crippen LogP contribution in [0.2, 0.25) is 0 Å². The maximum absolute atomic E-state index is 12.6. The van der Waals surface area contributed by atoms with E-state index in [1.54, 1.807) is 26.2 Å².